The Morgan fingerprint density at radius 2 is 2.19 bits per heavy atom. The molecule has 1 amide bonds. The van der Waals surface area contributed by atoms with Crippen molar-refractivity contribution >= 4 is 17.7 Å². The molecular weight excluding hydrogens is 282 g/mol. The molecule has 2 aliphatic heterocycles. The Morgan fingerprint density at radius 1 is 1.43 bits per heavy atom. The number of thioether (sulfide) groups is 1. The van der Waals surface area contributed by atoms with Crippen LogP contribution in [0.1, 0.15) is 40.0 Å². The van der Waals surface area contributed by atoms with Crippen LogP contribution in [0.3, 0.4) is 0 Å². The van der Waals surface area contributed by atoms with Crippen LogP contribution in [0.15, 0.2) is 11.0 Å². The molecule has 0 aromatic rings. The molecule has 118 valence electrons. The van der Waals surface area contributed by atoms with Crippen molar-refractivity contribution < 1.29 is 9.53 Å². The molecular formula is C17H27NO2S. The van der Waals surface area contributed by atoms with Gasteiger partial charge in [0.1, 0.15) is 0 Å². The van der Waals surface area contributed by atoms with E-state index in [0.29, 0.717) is 29.4 Å². The van der Waals surface area contributed by atoms with Crippen molar-refractivity contribution in [2.24, 2.45) is 16.7 Å². The molecule has 0 N–H and O–H groups in total. The second-order valence-corrected chi connectivity index (χ2v) is 9.31. The molecule has 0 aromatic carbocycles. The minimum absolute atomic E-state index is 0.0613. The second kappa shape index (κ2) is 5.31. The third-order valence-corrected chi connectivity index (χ3v) is 6.29. The largest absolute Gasteiger partial charge is 0.379 e. The van der Waals surface area contributed by atoms with Gasteiger partial charge in [-0.15, -0.1) is 11.8 Å². The number of carbonyl (C=O) groups is 1. The van der Waals surface area contributed by atoms with E-state index in [1.165, 1.54) is 17.7 Å². The number of carbonyl (C=O) groups excluding carboxylic acids is 1. The molecule has 2 fully saturated rings. The van der Waals surface area contributed by atoms with Crippen LogP contribution < -0.4 is 0 Å². The molecule has 0 spiro atoms. The molecule has 3 unspecified atom stereocenters. The molecule has 3 atom stereocenters. The summed E-state index contributed by atoms with van der Waals surface area (Å²) in [5, 5.41) is 0. The Labute approximate surface area is 132 Å². The maximum Gasteiger partial charge on any atom is 0.230 e. The topological polar surface area (TPSA) is 29.5 Å². The smallest absolute Gasteiger partial charge is 0.230 e. The standard InChI is InChI=1S/C17H27NO2S/c1-16(2)6-13-7-17(3,10-16)11-18(13)15(19)12-5-14(8-20-4)21-9-12/h5,12-13H,6-11H2,1-4H3. The van der Waals surface area contributed by atoms with E-state index < -0.39 is 0 Å². The monoisotopic (exact) mass is 309 g/mol. The van der Waals surface area contributed by atoms with E-state index in [0.717, 1.165) is 18.7 Å². The Bertz CT molecular complexity index is 473. The van der Waals surface area contributed by atoms with Crippen molar-refractivity contribution in [3.05, 3.63) is 11.0 Å². The summed E-state index contributed by atoms with van der Waals surface area (Å²) >= 11 is 1.77. The highest BCUT2D eigenvalue weighted by Crippen LogP contribution is 2.53. The molecule has 21 heavy (non-hydrogen) atoms. The van der Waals surface area contributed by atoms with E-state index in [4.69, 9.17) is 4.74 Å². The third-order valence-electron chi connectivity index (χ3n) is 5.14. The molecule has 2 heterocycles. The molecule has 4 heteroatoms. The Morgan fingerprint density at radius 3 is 2.90 bits per heavy atom. The first-order chi connectivity index (χ1) is 9.82. The van der Waals surface area contributed by atoms with Crippen molar-refractivity contribution in [2.75, 3.05) is 26.0 Å². The lowest BCUT2D eigenvalue weighted by Gasteiger charge is -2.39. The van der Waals surface area contributed by atoms with Crippen molar-refractivity contribution in [1.82, 2.24) is 4.90 Å². The Kier molecular flexibility index (Phi) is 3.90. The van der Waals surface area contributed by atoms with Gasteiger partial charge in [0.25, 0.3) is 0 Å². The predicted octanol–water partition coefficient (Wildman–Crippen LogP) is 3.31. The fraction of sp³-hybridized carbons (Fsp3) is 0.824. The van der Waals surface area contributed by atoms with Crippen LogP contribution in [0.25, 0.3) is 0 Å². The highest BCUT2D eigenvalue weighted by Gasteiger charge is 2.51. The van der Waals surface area contributed by atoms with Gasteiger partial charge in [-0.05, 0) is 30.1 Å². The lowest BCUT2D eigenvalue weighted by atomic mass is 9.65. The van der Waals surface area contributed by atoms with Crippen molar-refractivity contribution in [3.63, 3.8) is 0 Å². The van der Waals surface area contributed by atoms with Crippen LogP contribution in [0, 0.1) is 16.7 Å². The summed E-state index contributed by atoms with van der Waals surface area (Å²) in [6, 6.07) is 0.455. The van der Waals surface area contributed by atoms with E-state index >= 15 is 0 Å². The summed E-state index contributed by atoms with van der Waals surface area (Å²) in [4.78, 5) is 16.3. The van der Waals surface area contributed by atoms with Gasteiger partial charge in [-0.25, -0.2) is 0 Å². The van der Waals surface area contributed by atoms with Gasteiger partial charge in [0.05, 0.1) is 12.5 Å². The lowest BCUT2D eigenvalue weighted by molar-refractivity contribution is -0.134. The number of hydrogen-bond donors (Lipinski definition) is 0. The Hall–Kier alpha value is -0.480. The molecule has 1 saturated heterocycles. The lowest BCUT2D eigenvalue weighted by Crippen LogP contribution is -2.40. The average molecular weight is 309 g/mol. The zero-order chi connectivity index (χ0) is 15.3. The maximum absolute atomic E-state index is 12.9. The molecule has 0 aromatic heterocycles. The van der Waals surface area contributed by atoms with Crippen molar-refractivity contribution in [3.8, 4) is 0 Å². The molecule has 1 saturated carbocycles. The average Bonchev–Trinajstić information content (AvgIpc) is 2.90. The van der Waals surface area contributed by atoms with Crippen LogP contribution in [0.5, 0.6) is 0 Å². The predicted molar refractivity (Wildman–Crippen MR) is 87.1 cm³/mol. The Balaban J connectivity index is 1.72. The van der Waals surface area contributed by atoms with Gasteiger partial charge >= 0.3 is 0 Å². The fourth-order valence-electron chi connectivity index (χ4n) is 4.82. The fourth-order valence-corrected chi connectivity index (χ4v) is 5.92. The highest BCUT2D eigenvalue weighted by molar-refractivity contribution is 8.03. The van der Waals surface area contributed by atoms with Crippen LogP contribution in [-0.4, -0.2) is 42.9 Å². The van der Waals surface area contributed by atoms with Gasteiger partial charge in [-0.3, -0.25) is 4.79 Å². The van der Waals surface area contributed by atoms with Gasteiger partial charge in [-0.2, -0.15) is 0 Å². The number of fused-ring (bicyclic) bond motifs is 2. The number of methoxy groups -OCH3 is 1. The van der Waals surface area contributed by atoms with Crippen LogP contribution in [0.2, 0.25) is 0 Å². The zero-order valence-corrected chi connectivity index (χ0v) is 14.5. The van der Waals surface area contributed by atoms with E-state index in [1.54, 1.807) is 18.9 Å². The molecule has 3 aliphatic rings. The number of nitrogens with zero attached hydrogens (tertiary/aromatic N) is 1. The van der Waals surface area contributed by atoms with E-state index in [1.807, 2.05) is 0 Å². The third kappa shape index (κ3) is 3.02. The van der Waals surface area contributed by atoms with Crippen LogP contribution >= 0.6 is 11.8 Å². The number of ether oxygens (including phenoxy) is 1. The molecule has 0 radical (unpaired) electrons. The van der Waals surface area contributed by atoms with E-state index in [-0.39, 0.29) is 5.92 Å². The SMILES string of the molecule is COCC1=CC(C(=O)N2CC3(C)CC2CC(C)(C)C3)CS1. The summed E-state index contributed by atoms with van der Waals surface area (Å²) in [5.41, 5.74) is 0.696. The number of rotatable bonds is 3. The van der Waals surface area contributed by atoms with Gasteiger partial charge < -0.3 is 9.64 Å². The first kappa shape index (κ1) is 15.4. The van der Waals surface area contributed by atoms with E-state index in [2.05, 4.69) is 31.7 Å². The summed E-state index contributed by atoms with van der Waals surface area (Å²) < 4.78 is 5.18. The first-order valence-corrected chi connectivity index (χ1v) is 8.93. The minimum atomic E-state index is 0.0613. The number of amides is 1. The van der Waals surface area contributed by atoms with Gasteiger partial charge in [0, 0.05) is 30.4 Å². The van der Waals surface area contributed by atoms with Gasteiger partial charge in [0.2, 0.25) is 5.91 Å². The summed E-state index contributed by atoms with van der Waals surface area (Å²) in [6.07, 6.45) is 5.72. The highest BCUT2D eigenvalue weighted by atomic mass is 32.2. The van der Waals surface area contributed by atoms with Crippen molar-refractivity contribution in [2.45, 2.75) is 46.1 Å². The quantitative estimate of drug-likeness (QED) is 0.801. The number of hydrogen-bond acceptors (Lipinski definition) is 3. The first-order valence-electron chi connectivity index (χ1n) is 7.95. The zero-order valence-electron chi connectivity index (χ0n) is 13.6. The molecule has 3 nitrogen and oxygen atoms in total. The summed E-state index contributed by atoms with van der Waals surface area (Å²) in [7, 11) is 1.71. The molecule has 1 aliphatic carbocycles. The van der Waals surface area contributed by atoms with Crippen LogP contribution in [0.4, 0.5) is 0 Å². The van der Waals surface area contributed by atoms with E-state index in [9.17, 15) is 4.79 Å². The van der Waals surface area contributed by atoms with Crippen molar-refractivity contribution in [1.29, 1.82) is 0 Å². The van der Waals surface area contributed by atoms with Gasteiger partial charge in [-0.1, -0.05) is 26.8 Å². The minimum Gasteiger partial charge on any atom is -0.379 e. The normalized spacial score (nSPS) is 37.7. The molecule has 2 bridgehead atoms. The maximum atomic E-state index is 12.9. The molecule has 3 rings (SSSR count). The number of likely N-dealkylation sites (tertiary alicyclic amines) is 1. The second-order valence-electron chi connectivity index (χ2n) is 8.16. The van der Waals surface area contributed by atoms with Gasteiger partial charge in [0.15, 0.2) is 0 Å². The summed E-state index contributed by atoms with van der Waals surface area (Å²) in [6.45, 7) is 8.67. The summed E-state index contributed by atoms with van der Waals surface area (Å²) in [5.74, 6) is 1.30. The van der Waals surface area contributed by atoms with Crippen LogP contribution in [-0.2, 0) is 9.53 Å².